The molecule has 3 heterocycles. The van der Waals surface area contributed by atoms with Crippen LogP contribution >= 0.6 is 0 Å². The van der Waals surface area contributed by atoms with Gasteiger partial charge in [-0.05, 0) is 43.2 Å². The van der Waals surface area contributed by atoms with E-state index in [1.165, 1.54) is 6.92 Å². The summed E-state index contributed by atoms with van der Waals surface area (Å²) in [5, 5.41) is 2.95. The molecule has 3 unspecified atom stereocenters. The minimum atomic E-state index is -5.12. The van der Waals surface area contributed by atoms with Gasteiger partial charge in [-0.25, -0.2) is 9.78 Å². The van der Waals surface area contributed by atoms with Gasteiger partial charge in [-0.1, -0.05) is 0 Å². The Kier molecular flexibility index (Phi) is 7.18. The third-order valence-electron chi connectivity index (χ3n) is 6.24. The molecule has 0 spiro atoms. The Morgan fingerprint density at radius 3 is 2.08 bits per heavy atom. The smallest absolute Gasteiger partial charge is 0.417 e. The van der Waals surface area contributed by atoms with Gasteiger partial charge < -0.3 is 14.8 Å². The molecule has 6 nitrogen and oxygen atoms in total. The van der Waals surface area contributed by atoms with E-state index in [1.807, 2.05) is 0 Å². The highest BCUT2D eigenvalue weighted by Gasteiger charge is 2.44. The van der Waals surface area contributed by atoms with Crippen molar-refractivity contribution in [2.24, 2.45) is 0 Å². The molecule has 3 atom stereocenters. The molecule has 2 fully saturated rings. The number of hydrogen-bond donors (Lipinski definition) is 1. The quantitative estimate of drug-likeness (QED) is 0.430. The van der Waals surface area contributed by atoms with Crippen LogP contribution in [-0.4, -0.2) is 41.3 Å². The Bertz CT molecular complexity index is 1160. The number of alkyl halides is 9. The normalized spacial score (nSPS) is 22.6. The van der Waals surface area contributed by atoms with Crippen molar-refractivity contribution in [3.63, 3.8) is 0 Å². The van der Waals surface area contributed by atoms with Crippen LogP contribution in [0.5, 0.6) is 0 Å². The fourth-order valence-electron chi connectivity index (χ4n) is 4.24. The fraction of sp³-hybridized carbons (Fsp3) is 0.478. The number of pyridine rings is 1. The molecule has 1 aromatic carbocycles. The fourth-order valence-corrected chi connectivity index (χ4v) is 4.24. The van der Waals surface area contributed by atoms with Crippen LogP contribution in [0.3, 0.4) is 0 Å². The van der Waals surface area contributed by atoms with Gasteiger partial charge in [0.1, 0.15) is 11.9 Å². The molecule has 1 aromatic heterocycles. The van der Waals surface area contributed by atoms with Crippen LogP contribution < -0.4 is 5.32 Å². The summed E-state index contributed by atoms with van der Waals surface area (Å²) in [4.78, 5) is 17.4. The van der Waals surface area contributed by atoms with Gasteiger partial charge in [-0.15, -0.1) is 0 Å². The summed E-state index contributed by atoms with van der Waals surface area (Å²) in [6, 6.07) is 0.216. The van der Waals surface area contributed by atoms with Crippen LogP contribution in [0.25, 0.3) is 0 Å². The third kappa shape index (κ3) is 5.92. The standard InChI is InChI=1S/C23H20F9N3O3/c1-11-18(12-4-14(21(24,25)26)7-15(5-12)22(27,28)29)38-20(36)35(11)9-13-6-16(23(30,31)32)8-33-19(13)34-17-2-3-37-10-17/h4-8,11,17-18H,2-3,9-10H2,1H3,(H,33,34). The van der Waals surface area contributed by atoms with E-state index in [9.17, 15) is 44.3 Å². The van der Waals surface area contributed by atoms with Gasteiger partial charge in [0.25, 0.3) is 0 Å². The zero-order chi connectivity index (χ0) is 28.0. The van der Waals surface area contributed by atoms with Crippen molar-refractivity contribution in [2.75, 3.05) is 18.5 Å². The van der Waals surface area contributed by atoms with Gasteiger partial charge in [0.15, 0.2) is 0 Å². The van der Waals surface area contributed by atoms with Crippen molar-refractivity contribution >= 4 is 11.9 Å². The number of anilines is 1. The van der Waals surface area contributed by atoms with Crippen molar-refractivity contribution in [1.29, 1.82) is 0 Å². The van der Waals surface area contributed by atoms with E-state index in [1.54, 1.807) is 0 Å². The van der Waals surface area contributed by atoms with E-state index in [-0.39, 0.29) is 30.1 Å². The number of halogens is 9. The molecule has 2 aliphatic heterocycles. The maximum absolute atomic E-state index is 13.4. The number of amides is 1. The first kappa shape index (κ1) is 27.8. The number of benzene rings is 1. The van der Waals surface area contributed by atoms with Crippen LogP contribution in [0.1, 0.15) is 47.3 Å². The second kappa shape index (κ2) is 9.82. The summed E-state index contributed by atoms with van der Waals surface area (Å²) in [5.41, 5.74) is -4.91. The Hall–Kier alpha value is -3.23. The maximum Gasteiger partial charge on any atom is 0.417 e. The third-order valence-corrected chi connectivity index (χ3v) is 6.24. The highest BCUT2D eigenvalue weighted by molar-refractivity contribution is 5.71. The highest BCUT2D eigenvalue weighted by atomic mass is 19.4. The number of nitrogens with zero attached hydrogens (tertiary/aromatic N) is 2. The van der Waals surface area contributed by atoms with Gasteiger partial charge in [-0.3, -0.25) is 4.90 Å². The van der Waals surface area contributed by atoms with Crippen molar-refractivity contribution in [3.8, 4) is 0 Å². The summed E-state index contributed by atoms with van der Waals surface area (Å²) in [5.74, 6) is 0.0235. The topological polar surface area (TPSA) is 63.7 Å². The number of nitrogens with one attached hydrogen (secondary N) is 1. The van der Waals surface area contributed by atoms with Crippen molar-refractivity contribution in [2.45, 2.75) is 56.6 Å². The van der Waals surface area contributed by atoms with E-state index in [0.717, 1.165) is 11.0 Å². The Morgan fingerprint density at radius 1 is 0.947 bits per heavy atom. The SMILES string of the molecule is CC1C(c2cc(C(F)(F)F)cc(C(F)(F)F)c2)OC(=O)N1Cc1cc(C(F)(F)F)cnc1NC1CCOC1. The molecule has 38 heavy (non-hydrogen) atoms. The minimum absolute atomic E-state index is 0.0235. The number of carbonyl (C=O) groups is 1. The molecule has 1 N–H and O–H groups in total. The van der Waals surface area contributed by atoms with Crippen LogP contribution in [0.2, 0.25) is 0 Å². The van der Waals surface area contributed by atoms with Crippen molar-refractivity contribution in [3.05, 3.63) is 58.3 Å². The van der Waals surface area contributed by atoms with E-state index >= 15 is 0 Å². The lowest BCUT2D eigenvalue weighted by molar-refractivity contribution is -0.143. The zero-order valence-electron chi connectivity index (χ0n) is 19.5. The average Bonchev–Trinajstić information content (AvgIpc) is 3.41. The van der Waals surface area contributed by atoms with Gasteiger partial charge in [-0.2, -0.15) is 39.5 Å². The first-order valence-electron chi connectivity index (χ1n) is 11.2. The van der Waals surface area contributed by atoms with E-state index in [0.29, 0.717) is 31.4 Å². The van der Waals surface area contributed by atoms with Crippen molar-refractivity contribution < 1.29 is 53.8 Å². The minimum Gasteiger partial charge on any atom is -0.439 e. The van der Waals surface area contributed by atoms with E-state index < -0.39 is 65.6 Å². The lowest BCUT2D eigenvalue weighted by Crippen LogP contribution is -2.32. The molecule has 2 saturated heterocycles. The first-order chi connectivity index (χ1) is 17.5. The average molecular weight is 557 g/mol. The molecule has 0 radical (unpaired) electrons. The number of hydrogen-bond acceptors (Lipinski definition) is 5. The molecule has 1 amide bonds. The van der Waals surface area contributed by atoms with Crippen LogP contribution in [-0.2, 0) is 34.5 Å². The second-order valence-electron chi connectivity index (χ2n) is 8.95. The lowest BCUT2D eigenvalue weighted by atomic mass is 9.97. The molecule has 0 bridgehead atoms. The highest BCUT2D eigenvalue weighted by Crippen LogP contribution is 2.41. The predicted octanol–water partition coefficient (Wildman–Crippen LogP) is 6.42. The summed E-state index contributed by atoms with van der Waals surface area (Å²) in [6.45, 7) is 1.49. The number of carbonyl (C=O) groups excluding carboxylic acids is 1. The number of aromatic nitrogens is 1. The summed E-state index contributed by atoms with van der Waals surface area (Å²) < 4.78 is 130. The number of ether oxygens (including phenoxy) is 2. The van der Waals surface area contributed by atoms with Gasteiger partial charge in [0, 0.05) is 18.4 Å². The maximum atomic E-state index is 13.4. The monoisotopic (exact) mass is 557 g/mol. The zero-order valence-corrected chi connectivity index (χ0v) is 19.5. The Labute approximate surface area is 209 Å². The Balaban J connectivity index is 1.67. The second-order valence-corrected chi connectivity index (χ2v) is 8.95. The molecular formula is C23H20F9N3O3. The predicted molar refractivity (Wildman–Crippen MR) is 113 cm³/mol. The lowest BCUT2D eigenvalue weighted by Gasteiger charge is -2.24. The molecular weight excluding hydrogens is 537 g/mol. The largest absolute Gasteiger partial charge is 0.439 e. The van der Waals surface area contributed by atoms with Gasteiger partial charge >= 0.3 is 24.6 Å². The molecule has 0 aliphatic carbocycles. The first-order valence-corrected chi connectivity index (χ1v) is 11.2. The molecule has 0 saturated carbocycles. The summed E-state index contributed by atoms with van der Waals surface area (Å²) >= 11 is 0. The number of rotatable bonds is 5. The molecule has 208 valence electrons. The van der Waals surface area contributed by atoms with E-state index in [2.05, 4.69) is 10.3 Å². The van der Waals surface area contributed by atoms with Crippen LogP contribution in [0.4, 0.5) is 50.1 Å². The number of cyclic esters (lactones) is 1. The molecule has 4 rings (SSSR count). The van der Waals surface area contributed by atoms with E-state index in [4.69, 9.17) is 9.47 Å². The van der Waals surface area contributed by atoms with Gasteiger partial charge in [0.05, 0.1) is 41.9 Å². The summed E-state index contributed by atoms with van der Waals surface area (Å²) in [7, 11) is 0. The van der Waals surface area contributed by atoms with Gasteiger partial charge in [0.2, 0.25) is 0 Å². The van der Waals surface area contributed by atoms with Crippen LogP contribution in [0.15, 0.2) is 30.5 Å². The van der Waals surface area contributed by atoms with Crippen LogP contribution in [0, 0.1) is 0 Å². The molecule has 2 aliphatic rings. The van der Waals surface area contributed by atoms with Crippen molar-refractivity contribution in [1.82, 2.24) is 9.88 Å². The molecule has 2 aromatic rings. The summed E-state index contributed by atoms with van der Waals surface area (Å²) in [6.07, 6.45) is -16.5. The molecule has 15 heteroatoms. The Morgan fingerprint density at radius 2 is 1.55 bits per heavy atom.